The molecule has 3 aromatic rings. The van der Waals surface area contributed by atoms with Gasteiger partial charge in [0.25, 0.3) is 0 Å². The van der Waals surface area contributed by atoms with Crippen LogP contribution in [-0.4, -0.2) is 16.6 Å². The van der Waals surface area contributed by atoms with E-state index in [1.807, 2.05) is 10.6 Å². The first-order valence-corrected chi connectivity index (χ1v) is 6.72. The molecular weight excluding hydrogens is 295 g/mol. The topological polar surface area (TPSA) is 43.0 Å². The van der Waals surface area contributed by atoms with E-state index in [1.54, 1.807) is 19.4 Å². The highest BCUT2D eigenvalue weighted by molar-refractivity contribution is 5.77. The smallest absolute Gasteiger partial charge is 0.416 e. The Morgan fingerprint density at radius 2 is 2.09 bits per heavy atom. The van der Waals surface area contributed by atoms with Gasteiger partial charge in [0, 0.05) is 0 Å². The minimum absolute atomic E-state index is 0.326. The lowest BCUT2D eigenvalue weighted by Crippen LogP contribution is -2.12. The standard InChI is InChI=1S/C15H14F3N3O/c1-19-8-14-20-12-7-10(15(16,17)18)4-5-13(12)21(14)9-11-3-2-6-22-11/h2-7,19H,8-9H2,1H3. The van der Waals surface area contributed by atoms with E-state index in [1.165, 1.54) is 6.07 Å². The molecule has 0 unspecified atom stereocenters. The largest absolute Gasteiger partial charge is 0.467 e. The molecule has 4 nitrogen and oxygen atoms in total. The number of furan rings is 1. The zero-order valence-corrected chi connectivity index (χ0v) is 11.8. The number of rotatable bonds is 4. The third-order valence-electron chi connectivity index (χ3n) is 3.38. The molecule has 0 aliphatic carbocycles. The van der Waals surface area contributed by atoms with Crippen LogP contribution in [-0.2, 0) is 19.3 Å². The van der Waals surface area contributed by atoms with Crippen LogP contribution >= 0.6 is 0 Å². The van der Waals surface area contributed by atoms with E-state index >= 15 is 0 Å². The van der Waals surface area contributed by atoms with Crippen molar-refractivity contribution in [2.45, 2.75) is 19.3 Å². The second-order valence-corrected chi connectivity index (χ2v) is 4.93. The predicted molar refractivity (Wildman–Crippen MR) is 75.3 cm³/mol. The molecule has 0 saturated heterocycles. The molecule has 22 heavy (non-hydrogen) atoms. The van der Waals surface area contributed by atoms with Gasteiger partial charge in [-0.1, -0.05) is 0 Å². The molecule has 0 amide bonds. The van der Waals surface area contributed by atoms with Gasteiger partial charge in [-0.25, -0.2) is 4.98 Å². The minimum atomic E-state index is -4.37. The van der Waals surface area contributed by atoms with Gasteiger partial charge >= 0.3 is 6.18 Å². The molecule has 0 spiro atoms. The molecule has 0 radical (unpaired) electrons. The lowest BCUT2D eigenvalue weighted by atomic mass is 10.2. The first kappa shape index (κ1) is 14.6. The Morgan fingerprint density at radius 1 is 1.27 bits per heavy atom. The van der Waals surface area contributed by atoms with Crippen molar-refractivity contribution in [2.75, 3.05) is 7.05 Å². The molecule has 0 atom stereocenters. The molecule has 2 aromatic heterocycles. The van der Waals surface area contributed by atoms with Crippen LogP contribution < -0.4 is 5.32 Å². The van der Waals surface area contributed by atoms with E-state index in [-0.39, 0.29) is 0 Å². The van der Waals surface area contributed by atoms with Crippen molar-refractivity contribution in [1.82, 2.24) is 14.9 Å². The monoisotopic (exact) mass is 309 g/mol. The Balaban J connectivity index is 2.10. The number of nitrogens with zero attached hydrogens (tertiary/aromatic N) is 2. The molecule has 0 bridgehead atoms. The van der Waals surface area contributed by atoms with Crippen LogP contribution in [0.1, 0.15) is 17.1 Å². The van der Waals surface area contributed by atoms with Gasteiger partial charge in [-0.05, 0) is 37.4 Å². The second-order valence-electron chi connectivity index (χ2n) is 4.93. The van der Waals surface area contributed by atoms with Gasteiger partial charge in [0.15, 0.2) is 0 Å². The quantitative estimate of drug-likeness (QED) is 0.803. The van der Waals surface area contributed by atoms with Crippen molar-refractivity contribution in [3.8, 4) is 0 Å². The number of aromatic nitrogens is 2. The highest BCUT2D eigenvalue weighted by atomic mass is 19.4. The molecule has 2 heterocycles. The van der Waals surface area contributed by atoms with Gasteiger partial charge in [0.2, 0.25) is 0 Å². The molecule has 0 fully saturated rings. The maximum atomic E-state index is 12.8. The summed E-state index contributed by atoms with van der Waals surface area (Å²) < 4.78 is 45.6. The van der Waals surface area contributed by atoms with Crippen LogP contribution in [0.5, 0.6) is 0 Å². The van der Waals surface area contributed by atoms with E-state index in [2.05, 4.69) is 10.3 Å². The summed E-state index contributed by atoms with van der Waals surface area (Å²) in [5, 5.41) is 2.97. The van der Waals surface area contributed by atoms with Crippen LogP contribution in [0.2, 0.25) is 0 Å². The molecule has 3 rings (SSSR count). The van der Waals surface area contributed by atoms with Gasteiger partial charge in [0.1, 0.15) is 11.6 Å². The van der Waals surface area contributed by atoms with Crippen molar-refractivity contribution in [1.29, 1.82) is 0 Å². The van der Waals surface area contributed by atoms with Crippen molar-refractivity contribution < 1.29 is 17.6 Å². The van der Waals surface area contributed by atoms with Crippen molar-refractivity contribution in [2.24, 2.45) is 0 Å². The van der Waals surface area contributed by atoms with Crippen LogP contribution in [0, 0.1) is 0 Å². The highest BCUT2D eigenvalue weighted by Crippen LogP contribution is 2.31. The fraction of sp³-hybridized carbons (Fsp3) is 0.267. The van der Waals surface area contributed by atoms with Crippen molar-refractivity contribution >= 4 is 11.0 Å². The number of alkyl halides is 3. The van der Waals surface area contributed by atoms with E-state index in [9.17, 15) is 13.2 Å². The normalized spacial score (nSPS) is 12.2. The van der Waals surface area contributed by atoms with Gasteiger partial charge in [-0.2, -0.15) is 13.2 Å². The van der Waals surface area contributed by atoms with E-state index in [0.29, 0.717) is 29.9 Å². The third kappa shape index (κ3) is 2.71. The number of halogens is 3. The fourth-order valence-electron chi connectivity index (χ4n) is 2.38. The highest BCUT2D eigenvalue weighted by Gasteiger charge is 2.31. The third-order valence-corrected chi connectivity index (χ3v) is 3.38. The molecule has 0 aliphatic rings. The summed E-state index contributed by atoms with van der Waals surface area (Å²) in [6.45, 7) is 0.878. The number of fused-ring (bicyclic) bond motifs is 1. The number of hydrogen-bond donors (Lipinski definition) is 1. The summed E-state index contributed by atoms with van der Waals surface area (Å²) in [5.41, 5.74) is 0.278. The second kappa shape index (κ2) is 5.49. The van der Waals surface area contributed by atoms with Crippen molar-refractivity contribution in [3.63, 3.8) is 0 Å². The summed E-state index contributed by atoms with van der Waals surface area (Å²) in [5.74, 6) is 1.38. The summed E-state index contributed by atoms with van der Waals surface area (Å²) in [6.07, 6.45) is -2.81. The summed E-state index contributed by atoms with van der Waals surface area (Å²) >= 11 is 0. The Kier molecular flexibility index (Phi) is 3.66. The van der Waals surface area contributed by atoms with E-state index in [4.69, 9.17) is 4.42 Å². The number of nitrogens with one attached hydrogen (secondary N) is 1. The van der Waals surface area contributed by atoms with Crippen molar-refractivity contribution in [3.05, 3.63) is 53.7 Å². The molecule has 116 valence electrons. The van der Waals surface area contributed by atoms with E-state index in [0.717, 1.165) is 17.9 Å². The van der Waals surface area contributed by atoms with Gasteiger partial charge in [-0.15, -0.1) is 0 Å². The van der Waals surface area contributed by atoms with Crippen LogP contribution in [0.3, 0.4) is 0 Å². The lowest BCUT2D eigenvalue weighted by molar-refractivity contribution is -0.137. The first-order chi connectivity index (χ1) is 10.5. The summed E-state index contributed by atoms with van der Waals surface area (Å²) in [7, 11) is 1.76. The van der Waals surface area contributed by atoms with Gasteiger partial charge < -0.3 is 14.3 Å². The number of hydrogen-bond acceptors (Lipinski definition) is 3. The fourth-order valence-corrected chi connectivity index (χ4v) is 2.38. The maximum absolute atomic E-state index is 12.8. The van der Waals surface area contributed by atoms with Gasteiger partial charge in [0.05, 0.1) is 35.9 Å². The van der Waals surface area contributed by atoms with Gasteiger partial charge in [-0.3, -0.25) is 0 Å². The number of benzene rings is 1. The molecular formula is C15H14F3N3O. The van der Waals surface area contributed by atoms with Crippen LogP contribution in [0.15, 0.2) is 41.0 Å². The summed E-state index contributed by atoms with van der Waals surface area (Å²) in [4.78, 5) is 4.32. The van der Waals surface area contributed by atoms with E-state index < -0.39 is 11.7 Å². The molecule has 0 aliphatic heterocycles. The predicted octanol–water partition coefficient (Wildman–Crippen LogP) is 3.42. The zero-order chi connectivity index (χ0) is 15.7. The Bertz CT molecular complexity index is 775. The Hall–Kier alpha value is -2.28. The SMILES string of the molecule is CNCc1nc2cc(C(F)(F)F)ccc2n1Cc1ccco1. The molecule has 1 aromatic carbocycles. The Morgan fingerprint density at radius 3 is 2.73 bits per heavy atom. The summed E-state index contributed by atoms with van der Waals surface area (Å²) in [6, 6.07) is 7.19. The zero-order valence-electron chi connectivity index (χ0n) is 11.8. The minimum Gasteiger partial charge on any atom is -0.467 e. The first-order valence-electron chi connectivity index (χ1n) is 6.72. The molecule has 1 N–H and O–H groups in total. The number of imidazole rings is 1. The molecule has 7 heteroatoms. The lowest BCUT2D eigenvalue weighted by Gasteiger charge is -2.08. The molecule has 0 saturated carbocycles. The maximum Gasteiger partial charge on any atom is 0.416 e. The van der Waals surface area contributed by atoms with Crippen LogP contribution in [0.25, 0.3) is 11.0 Å². The average molecular weight is 309 g/mol. The van der Waals surface area contributed by atoms with Crippen LogP contribution in [0.4, 0.5) is 13.2 Å². The average Bonchev–Trinajstić information content (AvgIpc) is 3.07. The Labute approximate surface area is 124 Å².